The molecule has 0 aliphatic rings. The van der Waals surface area contributed by atoms with E-state index in [1.54, 1.807) is 13.2 Å². The summed E-state index contributed by atoms with van der Waals surface area (Å²) in [6.07, 6.45) is 6.17. The van der Waals surface area contributed by atoms with Crippen molar-refractivity contribution in [3.05, 3.63) is 0 Å². The van der Waals surface area contributed by atoms with Crippen molar-refractivity contribution in [3.8, 4) is 0 Å². The molecule has 0 heterocycles. The molecule has 1 radical (unpaired) electrons. The Balaban J connectivity index is 2.95. The molecule has 11 heavy (non-hydrogen) atoms. The summed E-state index contributed by atoms with van der Waals surface area (Å²) in [4.78, 5) is 9.97. The molecule has 0 N–H and O–H groups in total. The molecule has 0 aliphatic carbocycles. The first-order chi connectivity index (χ1) is 5.31. The van der Waals surface area contributed by atoms with Crippen molar-refractivity contribution in [2.75, 3.05) is 6.61 Å². The predicted molar refractivity (Wildman–Crippen MR) is 45.2 cm³/mol. The average Bonchev–Trinajstić information content (AvgIpc) is 2.04. The fourth-order valence-corrected chi connectivity index (χ4v) is 0.823. The molecule has 0 aliphatic heterocycles. The van der Waals surface area contributed by atoms with Gasteiger partial charge < -0.3 is 4.74 Å². The van der Waals surface area contributed by atoms with Crippen LogP contribution in [-0.4, -0.2) is 19.0 Å². The zero-order valence-electron chi connectivity index (χ0n) is 7.43. The van der Waals surface area contributed by atoms with Crippen LogP contribution >= 0.6 is 0 Å². The fourth-order valence-electron chi connectivity index (χ4n) is 0.823. The maximum atomic E-state index is 9.97. The van der Waals surface area contributed by atoms with Crippen molar-refractivity contribution >= 4 is 6.29 Å². The lowest BCUT2D eigenvalue weighted by Gasteiger charge is -2.04. The van der Waals surface area contributed by atoms with Crippen LogP contribution in [0.1, 0.15) is 39.5 Å². The van der Waals surface area contributed by atoms with E-state index in [0.29, 0.717) is 6.61 Å². The number of carbonyl (C=O) groups excluding carboxylic acids is 1. The monoisotopic (exact) mass is 157 g/mol. The van der Waals surface area contributed by atoms with Crippen molar-refractivity contribution in [3.63, 3.8) is 0 Å². The van der Waals surface area contributed by atoms with E-state index in [-0.39, 0.29) is 6.10 Å². The fraction of sp³-hybridized carbons (Fsp3) is 0.889. The summed E-state index contributed by atoms with van der Waals surface area (Å²) in [5.41, 5.74) is 0. The Morgan fingerprint density at radius 1 is 1.36 bits per heavy atom. The lowest BCUT2D eigenvalue weighted by molar-refractivity contribution is 0.104. The third kappa shape index (κ3) is 7.53. The van der Waals surface area contributed by atoms with Gasteiger partial charge in [-0.1, -0.05) is 26.2 Å². The molecule has 0 saturated carbocycles. The van der Waals surface area contributed by atoms with Gasteiger partial charge in [-0.05, 0) is 13.3 Å². The van der Waals surface area contributed by atoms with E-state index in [1.807, 2.05) is 0 Å². The molecule has 0 aromatic rings. The Morgan fingerprint density at radius 3 is 2.64 bits per heavy atom. The third-order valence-corrected chi connectivity index (χ3v) is 1.53. The van der Waals surface area contributed by atoms with Crippen molar-refractivity contribution in [1.29, 1.82) is 0 Å². The summed E-state index contributed by atoms with van der Waals surface area (Å²) in [5.74, 6) is 0. The lowest BCUT2D eigenvalue weighted by atomic mass is 10.2. The van der Waals surface area contributed by atoms with Crippen LogP contribution in [0.5, 0.6) is 0 Å². The number of unbranched alkanes of at least 4 members (excludes halogenated alkanes) is 3. The minimum atomic E-state index is -0.350. The van der Waals surface area contributed by atoms with Crippen molar-refractivity contribution < 1.29 is 9.53 Å². The zero-order chi connectivity index (χ0) is 8.53. The molecule has 0 saturated heterocycles. The van der Waals surface area contributed by atoms with Crippen LogP contribution in [0.2, 0.25) is 0 Å². The highest BCUT2D eigenvalue weighted by molar-refractivity contribution is 5.56. The molecular weight excluding hydrogens is 140 g/mol. The summed E-state index contributed by atoms with van der Waals surface area (Å²) >= 11 is 0. The molecule has 65 valence electrons. The Kier molecular flexibility index (Phi) is 7.47. The van der Waals surface area contributed by atoms with Gasteiger partial charge in [-0.2, -0.15) is 0 Å². The summed E-state index contributed by atoms with van der Waals surface area (Å²) in [6, 6.07) is 0. The highest BCUT2D eigenvalue weighted by Crippen LogP contribution is 1.99. The molecule has 1 unspecified atom stereocenters. The molecule has 1 atom stereocenters. The van der Waals surface area contributed by atoms with Crippen molar-refractivity contribution in [2.45, 2.75) is 45.6 Å². The highest BCUT2D eigenvalue weighted by atomic mass is 16.5. The molecular formula is C9H17O2. The van der Waals surface area contributed by atoms with Gasteiger partial charge in [-0.15, -0.1) is 0 Å². The Hall–Kier alpha value is -0.370. The zero-order valence-corrected chi connectivity index (χ0v) is 7.43. The first kappa shape index (κ1) is 10.6. The van der Waals surface area contributed by atoms with E-state index >= 15 is 0 Å². The number of hydrogen-bond donors (Lipinski definition) is 0. The molecule has 2 heteroatoms. The van der Waals surface area contributed by atoms with Gasteiger partial charge >= 0.3 is 0 Å². The Labute approximate surface area is 68.9 Å². The smallest absolute Gasteiger partial charge is 0.229 e. The van der Waals surface area contributed by atoms with Gasteiger partial charge in [0, 0.05) is 6.61 Å². The van der Waals surface area contributed by atoms with Crippen LogP contribution < -0.4 is 0 Å². The van der Waals surface area contributed by atoms with Crippen LogP contribution in [0, 0.1) is 0 Å². The molecule has 0 rings (SSSR count). The average molecular weight is 157 g/mol. The molecule has 2 nitrogen and oxygen atoms in total. The minimum Gasteiger partial charge on any atom is -0.370 e. The summed E-state index contributed by atoms with van der Waals surface area (Å²) in [6.45, 7) is 4.58. The number of rotatable bonds is 7. The minimum absolute atomic E-state index is 0.350. The first-order valence-corrected chi connectivity index (χ1v) is 4.30. The van der Waals surface area contributed by atoms with Crippen LogP contribution in [0.25, 0.3) is 0 Å². The number of ether oxygens (including phenoxy) is 1. The number of hydrogen-bond acceptors (Lipinski definition) is 2. The lowest BCUT2D eigenvalue weighted by Crippen LogP contribution is -2.09. The molecule has 0 fully saturated rings. The van der Waals surface area contributed by atoms with E-state index in [1.165, 1.54) is 19.3 Å². The van der Waals surface area contributed by atoms with Crippen molar-refractivity contribution in [2.24, 2.45) is 0 Å². The quantitative estimate of drug-likeness (QED) is 0.529. The van der Waals surface area contributed by atoms with E-state index < -0.39 is 0 Å². The van der Waals surface area contributed by atoms with E-state index in [0.717, 1.165) is 6.42 Å². The van der Waals surface area contributed by atoms with E-state index in [4.69, 9.17) is 4.74 Å². The van der Waals surface area contributed by atoms with Crippen LogP contribution in [-0.2, 0) is 9.53 Å². The standard InChI is InChI=1S/C9H17O2/c1-3-4-5-6-7-11-9(2)8-10/h9H,3-7H2,1-2H3. The summed E-state index contributed by atoms with van der Waals surface area (Å²) < 4.78 is 5.11. The molecule has 0 amide bonds. The maximum absolute atomic E-state index is 9.97. The van der Waals surface area contributed by atoms with Gasteiger partial charge in [0.05, 0.1) is 0 Å². The highest BCUT2D eigenvalue weighted by Gasteiger charge is 1.98. The predicted octanol–water partition coefficient (Wildman–Crippen LogP) is 2.08. The second-order valence-corrected chi connectivity index (χ2v) is 2.69. The van der Waals surface area contributed by atoms with Gasteiger partial charge in [0.25, 0.3) is 0 Å². The molecule has 0 aromatic heterocycles. The first-order valence-electron chi connectivity index (χ1n) is 4.30. The van der Waals surface area contributed by atoms with Gasteiger partial charge in [0.15, 0.2) is 0 Å². The van der Waals surface area contributed by atoms with E-state index in [2.05, 4.69) is 6.92 Å². The van der Waals surface area contributed by atoms with E-state index in [9.17, 15) is 4.79 Å². The summed E-state index contributed by atoms with van der Waals surface area (Å²) in [5, 5.41) is 0. The Morgan fingerprint density at radius 2 is 2.09 bits per heavy atom. The normalized spacial score (nSPS) is 12.9. The largest absolute Gasteiger partial charge is 0.370 e. The SMILES string of the molecule is CCCCCCOC(C)[C]=O. The van der Waals surface area contributed by atoms with Gasteiger partial charge in [0.1, 0.15) is 6.10 Å². The second kappa shape index (κ2) is 7.73. The van der Waals surface area contributed by atoms with Gasteiger partial charge in [-0.3, -0.25) is 4.79 Å². The topological polar surface area (TPSA) is 26.3 Å². The third-order valence-electron chi connectivity index (χ3n) is 1.53. The van der Waals surface area contributed by atoms with Crippen LogP contribution in [0.4, 0.5) is 0 Å². The molecule has 0 bridgehead atoms. The molecule has 0 aromatic carbocycles. The van der Waals surface area contributed by atoms with Crippen LogP contribution in [0.3, 0.4) is 0 Å². The van der Waals surface area contributed by atoms with Crippen LogP contribution in [0.15, 0.2) is 0 Å². The maximum Gasteiger partial charge on any atom is 0.229 e. The second-order valence-electron chi connectivity index (χ2n) is 2.69. The molecule has 0 spiro atoms. The van der Waals surface area contributed by atoms with Gasteiger partial charge in [0.2, 0.25) is 6.29 Å². The van der Waals surface area contributed by atoms with Gasteiger partial charge in [-0.25, -0.2) is 0 Å². The summed E-state index contributed by atoms with van der Waals surface area (Å²) in [7, 11) is 0. The Bertz CT molecular complexity index is 91.6. The van der Waals surface area contributed by atoms with Crippen molar-refractivity contribution in [1.82, 2.24) is 0 Å².